The lowest BCUT2D eigenvalue weighted by Gasteiger charge is -2.56. The summed E-state index contributed by atoms with van der Waals surface area (Å²) in [5.41, 5.74) is 0.625. The van der Waals surface area contributed by atoms with Crippen LogP contribution in [0.5, 0.6) is 0 Å². The number of nitrogens with zero attached hydrogens (tertiary/aromatic N) is 2. The van der Waals surface area contributed by atoms with Crippen LogP contribution in [-0.2, 0) is 0 Å². The Hall–Kier alpha value is -2.11. The summed E-state index contributed by atoms with van der Waals surface area (Å²) in [5, 5.41) is 21.4. The Bertz CT molecular complexity index is 635. The Balaban J connectivity index is 1.74. The fraction of sp³-hybridized carbons (Fsp3) is 0.588. The zero-order valence-corrected chi connectivity index (χ0v) is 12.7. The maximum Gasteiger partial charge on any atom is 0.412 e. The van der Waals surface area contributed by atoms with Crippen LogP contribution >= 0.6 is 0 Å². The van der Waals surface area contributed by atoms with Crippen molar-refractivity contribution in [3.8, 4) is 0 Å². The molecule has 5 rings (SSSR count). The molecule has 122 valence electrons. The number of carboxylic acid groups (broad SMARTS) is 1. The van der Waals surface area contributed by atoms with Crippen molar-refractivity contribution in [3.05, 3.63) is 40.4 Å². The van der Waals surface area contributed by atoms with E-state index >= 15 is 0 Å². The van der Waals surface area contributed by atoms with Crippen LogP contribution in [0, 0.1) is 33.8 Å². The van der Waals surface area contributed by atoms with Crippen molar-refractivity contribution in [2.24, 2.45) is 23.7 Å². The molecule has 1 amide bonds. The highest BCUT2D eigenvalue weighted by Gasteiger charge is 2.60. The van der Waals surface area contributed by atoms with Crippen LogP contribution in [0.4, 0.5) is 10.5 Å². The first-order valence-corrected chi connectivity index (χ1v) is 8.27. The molecule has 0 aromatic heterocycles. The number of para-hydroxylation sites is 1. The maximum atomic E-state index is 12.0. The first-order chi connectivity index (χ1) is 11.1. The molecular formula is C17H20N2O4. The Morgan fingerprint density at radius 2 is 1.83 bits per heavy atom. The normalized spacial score (nSPS) is 37.6. The maximum absolute atomic E-state index is 12.0. The number of hydrogen-bond donors (Lipinski definition) is 1. The van der Waals surface area contributed by atoms with Crippen LogP contribution in [0.2, 0.25) is 0 Å². The third kappa shape index (κ3) is 2.19. The summed E-state index contributed by atoms with van der Waals surface area (Å²) in [4.78, 5) is 24.8. The molecule has 4 aliphatic rings. The fourth-order valence-corrected chi connectivity index (χ4v) is 5.58. The topological polar surface area (TPSA) is 83.7 Å². The molecule has 4 aliphatic carbocycles. The molecule has 1 N–H and O–H groups in total. The minimum atomic E-state index is -1.00. The highest BCUT2D eigenvalue weighted by atomic mass is 16.6. The number of hydrogen-bond acceptors (Lipinski definition) is 3. The van der Waals surface area contributed by atoms with Gasteiger partial charge in [-0.25, -0.2) is 4.79 Å². The van der Waals surface area contributed by atoms with Gasteiger partial charge in [0.25, 0.3) is 0 Å². The van der Waals surface area contributed by atoms with Crippen molar-refractivity contribution in [2.75, 3.05) is 4.90 Å². The molecule has 6 unspecified atom stereocenters. The van der Waals surface area contributed by atoms with E-state index in [1.54, 1.807) is 12.1 Å². The zero-order valence-electron chi connectivity index (χ0n) is 12.7. The van der Waals surface area contributed by atoms with E-state index in [-0.39, 0.29) is 28.7 Å². The average Bonchev–Trinajstić information content (AvgIpc) is 2.50. The summed E-state index contributed by atoms with van der Waals surface area (Å²) in [6, 6.07) is 8.18. The van der Waals surface area contributed by atoms with E-state index in [0.717, 1.165) is 25.7 Å². The van der Waals surface area contributed by atoms with Crippen LogP contribution in [-0.4, -0.2) is 28.2 Å². The van der Waals surface area contributed by atoms with Crippen LogP contribution in [0.25, 0.3) is 0 Å². The van der Waals surface area contributed by atoms with Gasteiger partial charge in [-0.15, -0.1) is 0 Å². The molecule has 0 saturated heterocycles. The third-order valence-corrected chi connectivity index (χ3v) is 6.11. The van der Waals surface area contributed by atoms with Crippen LogP contribution in [0.1, 0.15) is 25.7 Å². The van der Waals surface area contributed by atoms with Gasteiger partial charge in [-0.1, -0.05) is 18.2 Å². The second-order valence-electron chi connectivity index (χ2n) is 7.25. The van der Waals surface area contributed by atoms with Gasteiger partial charge in [-0.3, -0.25) is 15.0 Å². The second kappa shape index (κ2) is 5.22. The van der Waals surface area contributed by atoms with Crippen LogP contribution in [0.15, 0.2) is 30.3 Å². The number of anilines is 1. The molecule has 4 saturated carbocycles. The van der Waals surface area contributed by atoms with Crippen molar-refractivity contribution in [1.29, 1.82) is 0 Å². The molecule has 4 bridgehead atoms. The lowest BCUT2D eigenvalue weighted by Crippen LogP contribution is -2.64. The van der Waals surface area contributed by atoms with E-state index in [4.69, 9.17) is 0 Å². The van der Waals surface area contributed by atoms with E-state index in [2.05, 4.69) is 0 Å². The van der Waals surface area contributed by atoms with Gasteiger partial charge < -0.3 is 5.11 Å². The summed E-state index contributed by atoms with van der Waals surface area (Å²) in [6.45, 7) is 0. The predicted molar refractivity (Wildman–Crippen MR) is 83.9 cm³/mol. The highest BCUT2D eigenvalue weighted by Crippen LogP contribution is 2.56. The van der Waals surface area contributed by atoms with Gasteiger partial charge in [-0.05, 0) is 49.7 Å². The highest BCUT2D eigenvalue weighted by molar-refractivity contribution is 5.87. The third-order valence-electron chi connectivity index (χ3n) is 6.11. The minimum absolute atomic E-state index is 0.134. The molecule has 6 atom stereocenters. The van der Waals surface area contributed by atoms with Gasteiger partial charge in [0.05, 0.1) is 6.04 Å². The van der Waals surface area contributed by atoms with Crippen LogP contribution < -0.4 is 4.90 Å². The monoisotopic (exact) mass is 316 g/mol. The Kier molecular flexibility index (Phi) is 3.28. The second-order valence-corrected chi connectivity index (χ2v) is 7.25. The smallest absolute Gasteiger partial charge is 0.412 e. The standard InChI is InChI=1S/C17H20N2O4/c20-17(21)18(13-4-2-1-3-5-13)15-11-6-10-7-12(9-11)16(19(22)23)14(15)8-10/h1-5,10-12,14-16H,6-9H2,(H,20,21). The van der Waals surface area contributed by atoms with Crippen molar-refractivity contribution in [1.82, 2.24) is 0 Å². The first kappa shape index (κ1) is 14.5. The predicted octanol–water partition coefficient (Wildman–Crippen LogP) is 3.25. The summed E-state index contributed by atoms with van der Waals surface area (Å²) < 4.78 is 0. The number of benzene rings is 1. The molecule has 6 nitrogen and oxygen atoms in total. The van der Waals surface area contributed by atoms with Crippen molar-refractivity contribution in [3.63, 3.8) is 0 Å². The number of amides is 1. The van der Waals surface area contributed by atoms with E-state index in [1.807, 2.05) is 18.2 Å². The summed E-state index contributed by atoms with van der Waals surface area (Å²) in [5.74, 6) is 0.778. The molecule has 1 aromatic rings. The van der Waals surface area contributed by atoms with Crippen LogP contribution in [0.3, 0.4) is 0 Å². The van der Waals surface area contributed by atoms with E-state index < -0.39 is 12.1 Å². The van der Waals surface area contributed by atoms with Gasteiger partial charge in [0.15, 0.2) is 0 Å². The largest absolute Gasteiger partial charge is 0.465 e. The van der Waals surface area contributed by atoms with Crippen molar-refractivity contribution in [2.45, 2.75) is 37.8 Å². The fourth-order valence-electron chi connectivity index (χ4n) is 5.58. The van der Waals surface area contributed by atoms with Crippen molar-refractivity contribution < 1.29 is 14.8 Å². The van der Waals surface area contributed by atoms with Gasteiger partial charge in [0.2, 0.25) is 6.04 Å². The summed E-state index contributed by atoms with van der Waals surface area (Å²) in [6.07, 6.45) is 2.54. The lowest BCUT2D eigenvalue weighted by atomic mass is 9.51. The first-order valence-electron chi connectivity index (χ1n) is 8.27. The number of nitro groups is 1. The summed E-state index contributed by atoms with van der Waals surface area (Å²) >= 11 is 0. The van der Waals surface area contributed by atoms with Gasteiger partial charge in [-0.2, -0.15) is 0 Å². The van der Waals surface area contributed by atoms with Gasteiger partial charge >= 0.3 is 6.09 Å². The molecule has 6 heteroatoms. The summed E-state index contributed by atoms with van der Waals surface area (Å²) in [7, 11) is 0. The SMILES string of the molecule is O=C(O)N(c1ccccc1)C1C2CC3CC(C2)C([N+](=O)[O-])C1C3. The van der Waals surface area contributed by atoms with Crippen molar-refractivity contribution >= 4 is 11.8 Å². The van der Waals surface area contributed by atoms with E-state index in [0.29, 0.717) is 11.6 Å². The van der Waals surface area contributed by atoms with E-state index in [9.17, 15) is 20.0 Å². The van der Waals surface area contributed by atoms with E-state index in [1.165, 1.54) is 4.90 Å². The molecule has 4 fully saturated rings. The molecular weight excluding hydrogens is 296 g/mol. The number of rotatable bonds is 3. The number of carbonyl (C=O) groups is 1. The van der Waals surface area contributed by atoms with Gasteiger partial charge in [0, 0.05) is 22.4 Å². The Morgan fingerprint density at radius 3 is 2.48 bits per heavy atom. The lowest BCUT2D eigenvalue weighted by molar-refractivity contribution is -0.553. The molecule has 1 aromatic carbocycles. The molecule has 0 spiro atoms. The minimum Gasteiger partial charge on any atom is -0.465 e. The molecule has 0 aliphatic heterocycles. The van der Waals surface area contributed by atoms with Gasteiger partial charge in [0.1, 0.15) is 0 Å². The Morgan fingerprint density at radius 1 is 1.13 bits per heavy atom. The average molecular weight is 316 g/mol. The zero-order chi connectivity index (χ0) is 16.1. The molecule has 0 heterocycles. The molecule has 0 radical (unpaired) electrons. The molecule has 23 heavy (non-hydrogen) atoms. The Labute approximate surface area is 134 Å². The quantitative estimate of drug-likeness (QED) is 0.685.